The number of hydrogen-bond acceptors (Lipinski definition) is 5. The molecule has 0 saturated carbocycles. The predicted octanol–water partition coefficient (Wildman–Crippen LogP) is 2.23. The summed E-state index contributed by atoms with van der Waals surface area (Å²) in [5.74, 6) is 0. The number of aliphatic imine (C=N–C) groups is 1. The maximum absolute atomic E-state index is 10.1. The average Bonchev–Trinajstić information content (AvgIpc) is 2.38. The van der Waals surface area contributed by atoms with Crippen molar-refractivity contribution in [1.82, 2.24) is 10.3 Å². The minimum absolute atomic E-state index is 0.268. The molecule has 5 nitrogen and oxygen atoms in total. The third kappa shape index (κ3) is 3.01. The van der Waals surface area contributed by atoms with Crippen LogP contribution in [0, 0.1) is 0 Å². The summed E-state index contributed by atoms with van der Waals surface area (Å²) in [6.45, 7) is 5.43. The van der Waals surface area contributed by atoms with E-state index in [9.17, 15) is 5.11 Å². The van der Waals surface area contributed by atoms with Crippen LogP contribution in [0.4, 0.5) is 5.69 Å². The maximum Gasteiger partial charge on any atom is 0.138 e. The molecule has 0 spiro atoms. The Morgan fingerprint density at radius 2 is 2.42 bits per heavy atom. The zero-order valence-corrected chi connectivity index (χ0v) is 11.2. The lowest BCUT2D eigenvalue weighted by molar-refractivity contribution is 0.131. The molecule has 2 rings (SSSR count). The van der Waals surface area contributed by atoms with E-state index in [0.29, 0.717) is 5.56 Å². The van der Waals surface area contributed by atoms with Crippen molar-refractivity contribution in [2.45, 2.75) is 19.3 Å². The van der Waals surface area contributed by atoms with Crippen LogP contribution in [0.25, 0.3) is 0 Å². The summed E-state index contributed by atoms with van der Waals surface area (Å²) in [7, 11) is 0. The number of nitrogens with zero attached hydrogens (tertiary/aromatic N) is 2. The van der Waals surface area contributed by atoms with Crippen LogP contribution < -0.4 is 10.6 Å². The van der Waals surface area contributed by atoms with Crippen LogP contribution in [-0.2, 0) is 0 Å². The van der Waals surface area contributed by atoms with Crippen molar-refractivity contribution in [3.8, 4) is 0 Å². The molecule has 0 saturated heterocycles. The molecule has 1 aromatic rings. The Hall–Kier alpha value is -1.69. The van der Waals surface area contributed by atoms with E-state index in [1.807, 2.05) is 6.92 Å². The quantitative estimate of drug-likeness (QED) is 0.450. The van der Waals surface area contributed by atoms with E-state index in [2.05, 4.69) is 27.2 Å². The molecule has 1 aliphatic rings. The van der Waals surface area contributed by atoms with Gasteiger partial charge in [-0.25, -0.2) is 4.98 Å². The van der Waals surface area contributed by atoms with Gasteiger partial charge in [0.25, 0.3) is 0 Å². The smallest absolute Gasteiger partial charge is 0.138 e. The fourth-order valence-electron chi connectivity index (χ4n) is 1.79. The molecule has 100 valence electrons. The standard InChI is InChI=1S/C13H15ClN4O/c1-3-4-6-15-8(2)12-17-9-5-7-16-11(14)10(9)13(19)18-12/h3-7,12-13,17-19H,1H2,2H3/b6-4-,15-8?. The summed E-state index contributed by atoms with van der Waals surface area (Å²) in [5, 5.41) is 16.5. The first kappa shape index (κ1) is 13.7. The van der Waals surface area contributed by atoms with Crippen LogP contribution in [0.3, 0.4) is 0 Å². The number of aliphatic hydroxyl groups excluding tert-OH is 1. The number of nitrogens with one attached hydrogen (secondary N) is 2. The Bertz CT molecular complexity index is 541. The van der Waals surface area contributed by atoms with E-state index in [-0.39, 0.29) is 11.3 Å². The topological polar surface area (TPSA) is 69.5 Å². The molecular weight excluding hydrogens is 264 g/mol. The van der Waals surface area contributed by atoms with Crippen LogP contribution in [0.2, 0.25) is 5.15 Å². The molecule has 0 aliphatic carbocycles. The van der Waals surface area contributed by atoms with Gasteiger partial charge in [-0.1, -0.05) is 24.3 Å². The van der Waals surface area contributed by atoms with Crippen molar-refractivity contribution >= 4 is 23.0 Å². The minimum Gasteiger partial charge on any atom is -0.374 e. The molecular formula is C13H15ClN4O. The van der Waals surface area contributed by atoms with Crippen molar-refractivity contribution in [3.63, 3.8) is 0 Å². The van der Waals surface area contributed by atoms with E-state index in [1.165, 1.54) is 0 Å². The Balaban J connectivity index is 2.24. The third-order valence-corrected chi connectivity index (χ3v) is 3.06. The zero-order chi connectivity index (χ0) is 13.8. The number of pyridine rings is 1. The highest BCUT2D eigenvalue weighted by Crippen LogP contribution is 2.31. The molecule has 19 heavy (non-hydrogen) atoms. The highest BCUT2D eigenvalue weighted by atomic mass is 35.5. The molecule has 2 unspecified atom stereocenters. The first-order valence-electron chi connectivity index (χ1n) is 5.80. The minimum atomic E-state index is -0.879. The first-order valence-corrected chi connectivity index (χ1v) is 6.18. The summed E-state index contributed by atoms with van der Waals surface area (Å²) in [4.78, 5) is 8.19. The van der Waals surface area contributed by atoms with Crippen molar-refractivity contribution in [2.75, 3.05) is 5.32 Å². The Kier molecular flexibility index (Phi) is 4.31. The van der Waals surface area contributed by atoms with Crippen molar-refractivity contribution in [2.24, 2.45) is 4.99 Å². The Labute approximate surface area is 116 Å². The van der Waals surface area contributed by atoms with Crippen LogP contribution in [0.15, 0.2) is 42.2 Å². The van der Waals surface area contributed by atoms with Gasteiger partial charge in [0, 0.05) is 18.1 Å². The number of aromatic nitrogens is 1. The molecule has 3 N–H and O–H groups in total. The molecule has 0 amide bonds. The van der Waals surface area contributed by atoms with Gasteiger partial charge in [0.1, 0.15) is 17.5 Å². The van der Waals surface area contributed by atoms with E-state index < -0.39 is 6.23 Å². The number of allylic oxidation sites excluding steroid dienone is 2. The number of aliphatic hydroxyl groups is 1. The maximum atomic E-state index is 10.1. The normalized spacial score (nSPS) is 23.0. The SMILES string of the molecule is C=C/C=C\N=C(C)C1Nc2ccnc(Cl)c2C(O)N1. The highest BCUT2D eigenvalue weighted by Gasteiger charge is 2.27. The van der Waals surface area contributed by atoms with Gasteiger partial charge >= 0.3 is 0 Å². The molecule has 1 aromatic heterocycles. The van der Waals surface area contributed by atoms with E-state index in [0.717, 1.165) is 11.4 Å². The van der Waals surface area contributed by atoms with Gasteiger partial charge in [0.15, 0.2) is 0 Å². The summed E-state index contributed by atoms with van der Waals surface area (Å²) in [5.41, 5.74) is 2.09. The largest absolute Gasteiger partial charge is 0.374 e. The van der Waals surface area contributed by atoms with Gasteiger partial charge in [-0.2, -0.15) is 0 Å². The fourth-order valence-corrected chi connectivity index (χ4v) is 2.05. The third-order valence-electron chi connectivity index (χ3n) is 2.76. The van der Waals surface area contributed by atoms with E-state index in [1.54, 1.807) is 30.6 Å². The van der Waals surface area contributed by atoms with Gasteiger partial charge in [0.05, 0.1) is 11.3 Å². The van der Waals surface area contributed by atoms with Gasteiger partial charge in [-0.05, 0) is 19.1 Å². The summed E-state index contributed by atoms with van der Waals surface area (Å²) < 4.78 is 0. The molecule has 2 heterocycles. The molecule has 0 bridgehead atoms. The number of anilines is 1. The van der Waals surface area contributed by atoms with Crippen molar-refractivity contribution in [1.29, 1.82) is 0 Å². The summed E-state index contributed by atoms with van der Waals surface area (Å²) in [6.07, 6.45) is 5.47. The van der Waals surface area contributed by atoms with Crippen LogP contribution in [0.5, 0.6) is 0 Å². The summed E-state index contributed by atoms with van der Waals surface area (Å²) >= 11 is 5.96. The monoisotopic (exact) mass is 278 g/mol. The van der Waals surface area contributed by atoms with Gasteiger partial charge in [-0.3, -0.25) is 10.3 Å². The van der Waals surface area contributed by atoms with Gasteiger partial charge < -0.3 is 10.4 Å². The Morgan fingerprint density at radius 3 is 3.16 bits per heavy atom. The number of hydrogen-bond donors (Lipinski definition) is 3. The van der Waals surface area contributed by atoms with Crippen molar-refractivity contribution < 1.29 is 5.11 Å². The lowest BCUT2D eigenvalue weighted by Gasteiger charge is -2.32. The second-order valence-electron chi connectivity index (χ2n) is 4.06. The number of fused-ring (bicyclic) bond motifs is 1. The lowest BCUT2D eigenvalue weighted by atomic mass is 10.1. The van der Waals surface area contributed by atoms with Crippen LogP contribution >= 0.6 is 11.6 Å². The molecule has 1 aliphatic heterocycles. The molecule has 0 fully saturated rings. The van der Waals surface area contributed by atoms with Crippen LogP contribution in [0.1, 0.15) is 18.7 Å². The van der Waals surface area contributed by atoms with E-state index >= 15 is 0 Å². The van der Waals surface area contributed by atoms with E-state index in [4.69, 9.17) is 11.6 Å². The zero-order valence-electron chi connectivity index (χ0n) is 10.5. The fraction of sp³-hybridized carbons (Fsp3) is 0.231. The average molecular weight is 279 g/mol. The van der Waals surface area contributed by atoms with Crippen molar-refractivity contribution in [3.05, 3.63) is 47.9 Å². The second-order valence-corrected chi connectivity index (χ2v) is 4.42. The Morgan fingerprint density at radius 1 is 1.63 bits per heavy atom. The molecule has 2 atom stereocenters. The summed E-state index contributed by atoms with van der Waals surface area (Å²) in [6, 6.07) is 1.77. The molecule has 0 aromatic carbocycles. The van der Waals surface area contributed by atoms with Gasteiger partial charge in [-0.15, -0.1) is 0 Å². The van der Waals surface area contributed by atoms with Crippen LogP contribution in [-0.4, -0.2) is 22.0 Å². The predicted molar refractivity (Wildman–Crippen MR) is 77.2 cm³/mol. The van der Waals surface area contributed by atoms with Gasteiger partial charge in [0.2, 0.25) is 0 Å². The second kappa shape index (κ2) is 5.97. The number of rotatable bonds is 3. The highest BCUT2D eigenvalue weighted by molar-refractivity contribution is 6.30. The lowest BCUT2D eigenvalue weighted by Crippen LogP contribution is -2.47. The molecule has 0 radical (unpaired) electrons. The first-order chi connectivity index (χ1) is 9.13. The number of halogens is 1. The molecule has 6 heteroatoms.